The molecule has 4 aromatic rings. The van der Waals surface area contributed by atoms with Gasteiger partial charge in [-0.2, -0.15) is 0 Å². The first-order valence-electron chi connectivity index (χ1n) is 7.29. The molecule has 0 saturated carbocycles. The van der Waals surface area contributed by atoms with Crippen LogP contribution in [0.5, 0.6) is 0 Å². The minimum absolute atomic E-state index is 0.187. The smallest absolute Gasteiger partial charge is 0.257 e. The van der Waals surface area contributed by atoms with Crippen LogP contribution in [0.15, 0.2) is 61.1 Å². The fraction of sp³-hybridized carbons (Fsp3) is 0. The average Bonchev–Trinajstić information content (AvgIpc) is 3.23. The van der Waals surface area contributed by atoms with Crippen LogP contribution in [0, 0.1) is 0 Å². The third kappa shape index (κ3) is 2.79. The minimum Gasteiger partial charge on any atom is -0.366 e. The van der Waals surface area contributed by atoms with E-state index >= 15 is 0 Å². The van der Waals surface area contributed by atoms with Crippen LogP contribution in [0.4, 0.5) is 5.69 Å². The molecule has 1 aromatic carbocycles. The number of benzene rings is 1. The van der Waals surface area contributed by atoms with Crippen LogP contribution in [0.25, 0.3) is 21.3 Å². The van der Waals surface area contributed by atoms with E-state index in [1.165, 1.54) is 11.3 Å². The Morgan fingerprint density at radius 3 is 2.88 bits per heavy atom. The van der Waals surface area contributed by atoms with E-state index < -0.39 is 0 Å². The molecular weight excluding hydrogens is 342 g/mol. The second kappa shape index (κ2) is 6.11. The zero-order valence-electron chi connectivity index (χ0n) is 12.4. The number of para-hydroxylation sites is 1. The monoisotopic (exact) mass is 353 g/mol. The van der Waals surface area contributed by atoms with Crippen LogP contribution in [0.3, 0.4) is 0 Å². The Hall–Kier alpha value is -2.63. The van der Waals surface area contributed by atoms with Crippen molar-refractivity contribution in [3.8, 4) is 10.4 Å². The van der Waals surface area contributed by atoms with Gasteiger partial charge in [-0.3, -0.25) is 9.78 Å². The molecule has 0 saturated heterocycles. The maximum atomic E-state index is 12.6. The number of aromatic nitrogens is 2. The van der Waals surface area contributed by atoms with Gasteiger partial charge in [0.2, 0.25) is 0 Å². The molecule has 0 aliphatic heterocycles. The van der Waals surface area contributed by atoms with Gasteiger partial charge in [0, 0.05) is 28.2 Å². The Kier molecular flexibility index (Phi) is 3.80. The van der Waals surface area contributed by atoms with Crippen LogP contribution >= 0.6 is 22.9 Å². The standard InChI is InChI=1S/C18H12ClN3OS/c19-17-6-5-16(24-17)13-9-20-10-14(13)18(23)22-12-7-11-3-1-2-4-15(11)21-8-12/h1-10,20H,(H,22,23). The molecule has 118 valence electrons. The van der Waals surface area contributed by atoms with E-state index in [1.54, 1.807) is 18.6 Å². The Labute approximate surface area is 147 Å². The predicted octanol–water partition coefficient (Wildman–Crippen LogP) is 5.20. The SMILES string of the molecule is O=C(Nc1cnc2ccccc2c1)c1c[nH]cc1-c1ccc(Cl)s1. The normalized spacial score (nSPS) is 10.9. The number of aromatic amines is 1. The number of hydrogen-bond acceptors (Lipinski definition) is 3. The zero-order valence-corrected chi connectivity index (χ0v) is 14.0. The van der Waals surface area contributed by atoms with Crippen molar-refractivity contribution in [3.63, 3.8) is 0 Å². The summed E-state index contributed by atoms with van der Waals surface area (Å²) in [4.78, 5) is 20.9. The van der Waals surface area contributed by atoms with Gasteiger partial charge in [0.15, 0.2) is 0 Å². The molecule has 2 N–H and O–H groups in total. The summed E-state index contributed by atoms with van der Waals surface area (Å²) in [6, 6.07) is 13.4. The number of hydrogen-bond donors (Lipinski definition) is 2. The Balaban J connectivity index is 1.63. The molecular formula is C18H12ClN3OS. The second-order valence-electron chi connectivity index (χ2n) is 5.26. The lowest BCUT2D eigenvalue weighted by Crippen LogP contribution is -2.12. The van der Waals surface area contributed by atoms with Crippen molar-refractivity contribution in [2.45, 2.75) is 0 Å². The highest BCUT2D eigenvalue weighted by Gasteiger charge is 2.16. The summed E-state index contributed by atoms with van der Waals surface area (Å²) in [6.45, 7) is 0. The summed E-state index contributed by atoms with van der Waals surface area (Å²) < 4.78 is 0.691. The van der Waals surface area contributed by atoms with E-state index in [9.17, 15) is 4.79 Å². The Morgan fingerprint density at radius 1 is 1.17 bits per heavy atom. The molecule has 0 aliphatic carbocycles. The molecule has 0 fully saturated rings. The quantitative estimate of drug-likeness (QED) is 0.532. The van der Waals surface area contributed by atoms with Gasteiger partial charge < -0.3 is 10.3 Å². The number of halogens is 1. The molecule has 0 unspecified atom stereocenters. The third-order valence-corrected chi connectivity index (χ3v) is 4.94. The zero-order chi connectivity index (χ0) is 16.5. The first kappa shape index (κ1) is 14.9. The lowest BCUT2D eigenvalue weighted by Gasteiger charge is -2.06. The minimum atomic E-state index is -0.187. The maximum absolute atomic E-state index is 12.6. The molecule has 0 radical (unpaired) electrons. The summed E-state index contributed by atoms with van der Waals surface area (Å²) in [5.74, 6) is -0.187. The lowest BCUT2D eigenvalue weighted by molar-refractivity contribution is 0.102. The summed E-state index contributed by atoms with van der Waals surface area (Å²) in [5.41, 5.74) is 2.96. The van der Waals surface area contributed by atoms with Crippen molar-refractivity contribution >= 4 is 45.4 Å². The van der Waals surface area contributed by atoms with E-state index in [4.69, 9.17) is 11.6 Å². The number of nitrogens with zero attached hydrogens (tertiary/aromatic N) is 1. The average molecular weight is 354 g/mol. The fourth-order valence-electron chi connectivity index (χ4n) is 2.55. The molecule has 0 bridgehead atoms. The van der Waals surface area contributed by atoms with E-state index in [2.05, 4.69) is 15.3 Å². The van der Waals surface area contributed by atoms with Gasteiger partial charge in [0.1, 0.15) is 0 Å². The molecule has 24 heavy (non-hydrogen) atoms. The summed E-state index contributed by atoms with van der Waals surface area (Å²) in [5, 5.41) is 3.88. The summed E-state index contributed by atoms with van der Waals surface area (Å²) >= 11 is 7.43. The van der Waals surface area contributed by atoms with Crippen LogP contribution < -0.4 is 5.32 Å². The Bertz CT molecular complexity index is 1040. The highest BCUT2D eigenvalue weighted by molar-refractivity contribution is 7.19. The summed E-state index contributed by atoms with van der Waals surface area (Å²) in [6.07, 6.45) is 5.15. The number of thiophene rings is 1. The van der Waals surface area contributed by atoms with Crippen molar-refractivity contribution in [1.82, 2.24) is 9.97 Å². The molecule has 0 aliphatic rings. The largest absolute Gasteiger partial charge is 0.366 e. The number of nitrogens with one attached hydrogen (secondary N) is 2. The summed E-state index contributed by atoms with van der Waals surface area (Å²) in [7, 11) is 0. The lowest BCUT2D eigenvalue weighted by atomic mass is 10.1. The van der Waals surface area contributed by atoms with E-state index in [0.29, 0.717) is 15.6 Å². The van der Waals surface area contributed by atoms with Crippen LogP contribution in [0.2, 0.25) is 4.34 Å². The van der Waals surface area contributed by atoms with Crippen LogP contribution in [-0.4, -0.2) is 15.9 Å². The maximum Gasteiger partial charge on any atom is 0.257 e. The molecule has 4 nitrogen and oxygen atoms in total. The second-order valence-corrected chi connectivity index (χ2v) is 6.97. The fourth-order valence-corrected chi connectivity index (χ4v) is 3.63. The van der Waals surface area contributed by atoms with Gasteiger partial charge in [-0.15, -0.1) is 11.3 Å². The van der Waals surface area contributed by atoms with Crippen molar-refractivity contribution in [2.75, 3.05) is 5.32 Å². The number of rotatable bonds is 3. The highest BCUT2D eigenvalue weighted by Crippen LogP contribution is 2.33. The predicted molar refractivity (Wildman–Crippen MR) is 98.8 cm³/mol. The van der Waals surface area contributed by atoms with Crippen LogP contribution in [-0.2, 0) is 0 Å². The van der Waals surface area contributed by atoms with Gasteiger partial charge in [-0.1, -0.05) is 29.8 Å². The van der Waals surface area contributed by atoms with E-state index in [0.717, 1.165) is 21.3 Å². The number of amides is 1. The first-order valence-corrected chi connectivity index (χ1v) is 8.49. The molecule has 1 amide bonds. The Morgan fingerprint density at radius 2 is 2.04 bits per heavy atom. The highest BCUT2D eigenvalue weighted by atomic mass is 35.5. The van der Waals surface area contributed by atoms with Crippen molar-refractivity contribution in [1.29, 1.82) is 0 Å². The number of carbonyl (C=O) groups excluding carboxylic acids is 1. The van der Waals surface area contributed by atoms with Gasteiger partial charge in [0.05, 0.1) is 27.3 Å². The molecule has 6 heteroatoms. The molecule has 0 atom stereocenters. The number of carbonyl (C=O) groups is 1. The number of H-pyrrole nitrogens is 1. The molecule has 4 rings (SSSR count). The number of fused-ring (bicyclic) bond motifs is 1. The van der Waals surface area contributed by atoms with E-state index in [1.807, 2.05) is 42.5 Å². The van der Waals surface area contributed by atoms with Crippen molar-refractivity contribution in [3.05, 3.63) is 71.0 Å². The van der Waals surface area contributed by atoms with E-state index in [-0.39, 0.29) is 5.91 Å². The first-order chi connectivity index (χ1) is 11.7. The van der Waals surface area contributed by atoms with Gasteiger partial charge >= 0.3 is 0 Å². The van der Waals surface area contributed by atoms with Crippen molar-refractivity contribution < 1.29 is 4.79 Å². The molecule has 3 heterocycles. The van der Waals surface area contributed by atoms with Crippen LogP contribution in [0.1, 0.15) is 10.4 Å². The number of pyridine rings is 1. The van der Waals surface area contributed by atoms with Gasteiger partial charge in [0.25, 0.3) is 5.91 Å². The van der Waals surface area contributed by atoms with Crippen molar-refractivity contribution in [2.24, 2.45) is 0 Å². The topological polar surface area (TPSA) is 57.8 Å². The van der Waals surface area contributed by atoms with Gasteiger partial charge in [-0.25, -0.2) is 0 Å². The van der Waals surface area contributed by atoms with Gasteiger partial charge in [-0.05, 0) is 24.3 Å². The third-order valence-electron chi connectivity index (χ3n) is 3.68. The number of anilines is 1. The molecule has 3 aromatic heterocycles. The molecule has 0 spiro atoms.